The SMILES string of the molecule is C#CCOCCC(=O)NCC(O)c1ccsc1. The number of rotatable bonds is 7. The van der Waals surface area contributed by atoms with E-state index in [0.29, 0.717) is 6.61 Å². The molecule has 0 aliphatic rings. The average molecular weight is 253 g/mol. The lowest BCUT2D eigenvalue weighted by Gasteiger charge is -2.10. The van der Waals surface area contributed by atoms with Gasteiger partial charge in [-0.2, -0.15) is 11.3 Å². The molecule has 0 radical (unpaired) electrons. The van der Waals surface area contributed by atoms with Crippen LogP contribution in [0.4, 0.5) is 0 Å². The van der Waals surface area contributed by atoms with Gasteiger partial charge in [-0.3, -0.25) is 4.79 Å². The van der Waals surface area contributed by atoms with Crippen molar-refractivity contribution in [2.75, 3.05) is 19.8 Å². The molecule has 17 heavy (non-hydrogen) atoms. The van der Waals surface area contributed by atoms with Crippen molar-refractivity contribution in [1.29, 1.82) is 0 Å². The first-order chi connectivity index (χ1) is 8.24. The molecule has 1 aromatic rings. The molecule has 92 valence electrons. The highest BCUT2D eigenvalue weighted by Crippen LogP contribution is 2.14. The third-order valence-corrected chi connectivity index (χ3v) is 2.78. The van der Waals surface area contributed by atoms with E-state index in [1.807, 2.05) is 16.8 Å². The van der Waals surface area contributed by atoms with Gasteiger partial charge in [0.05, 0.1) is 19.1 Å². The van der Waals surface area contributed by atoms with Crippen LogP contribution in [0.1, 0.15) is 18.1 Å². The second-order valence-electron chi connectivity index (χ2n) is 3.38. The number of carbonyl (C=O) groups is 1. The quantitative estimate of drug-likeness (QED) is 0.561. The van der Waals surface area contributed by atoms with Gasteiger partial charge in [-0.05, 0) is 22.4 Å². The highest BCUT2D eigenvalue weighted by Gasteiger charge is 2.09. The summed E-state index contributed by atoms with van der Waals surface area (Å²) in [5, 5.41) is 16.1. The molecule has 0 saturated heterocycles. The van der Waals surface area contributed by atoms with E-state index in [9.17, 15) is 9.90 Å². The van der Waals surface area contributed by atoms with Gasteiger partial charge in [0.2, 0.25) is 5.91 Å². The minimum atomic E-state index is -0.656. The summed E-state index contributed by atoms with van der Waals surface area (Å²) in [6.45, 7) is 0.722. The van der Waals surface area contributed by atoms with Crippen LogP contribution in [0.15, 0.2) is 16.8 Å². The predicted octanol–water partition coefficient (Wildman–Crippen LogP) is 0.938. The summed E-state index contributed by atoms with van der Waals surface area (Å²) in [6, 6.07) is 1.83. The fourth-order valence-corrected chi connectivity index (χ4v) is 1.88. The topological polar surface area (TPSA) is 58.6 Å². The standard InChI is InChI=1S/C12H15NO3S/c1-2-5-16-6-3-12(15)13-8-11(14)10-4-7-17-9-10/h1,4,7,9,11,14H,3,5-6,8H2,(H,13,15). The van der Waals surface area contributed by atoms with Crippen LogP contribution < -0.4 is 5.32 Å². The second kappa shape index (κ2) is 7.85. The molecule has 4 nitrogen and oxygen atoms in total. The zero-order valence-corrected chi connectivity index (χ0v) is 10.2. The van der Waals surface area contributed by atoms with E-state index in [-0.39, 0.29) is 25.5 Å². The number of amides is 1. The van der Waals surface area contributed by atoms with Crippen LogP contribution in [0.3, 0.4) is 0 Å². The van der Waals surface area contributed by atoms with Crippen molar-refractivity contribution >= 4 is 17.2 Å². The van der Waals surface area contributed by atoms with Crippen LogP contribution in [0.2, 0.25) is 0 Å². The number of ether oxygens (including phenoxy) is 1. The average Bonchev–Trinajstić information content (AvgIpc) is 2.85. The van der Waals surface area contributed by atoms with Crippen LogP contribution in [0.25, 0.3) is 0 Å². The van der Waals surface area contributed by atoms with Gasteiger partial charge in [-0.15, -0.1) is 6.42 Å². The number of carbonyl (C=O) groups excluding carboxylic acids is 1. The van der Waals surface area contributed by atoms with Gasteiger partial charge in [0, 0.05) is 6.54 Å². The molecule has 0 saturated carbocycles. The van der Waals surface area contributed by atoms with Crippen molar-refractivity contribution in [3.8, 4) is 12.3 Å². The Labute approximate surface area is 105 Å². The third kappa shape index (κ3) is 5.50. The van der Waals surface area contributed by atoms with Gasteiger partial charge in [-0.1, -0.05) is 5.92 Å². The minimum absolute atomic E-state index is 0.156. The van der Waals surface area contributed by atoms with Gasteiger partial charge in [0.1, 0.15) is 6.61 Å². The maximum absolute atomic E-state index is 11.3. The first kappa shape index (κ1) is 13.7. The lowest BCUT2D eigenvalue weighted by Crippen LogP contribution is -2.28. The molecule has 2 N–H and O–H groups in total. The maximum Gasteiger partial charge on any atom is 0.222 e. The zero-order chi connectivity index (χ0) is 12.5. The Morgan fingerprint density at radius 2 is 2.53 bits per heavy atom. The number of aliphatic hydroxyl groups is 1. The Kier molecular flexibility index (Phi) is 6.33. The Morgan fingerprint density at radius 3 is 3.18 bits per heavy atom. The molecule has 0 fully saturated rings. The summed E-state index contributed by atoms with van der Waals surface area (Å²) in [4.78, 5) is 11.3. The van der Waals surface area contributed by atoms with Crippen LogP contribution in [-0.2, 0) is 9.53 Å². The van der Waals surface area contributed by atoms with Crippen molar-refractivity contribution in [2.24, 2.45) is 0 Å². The molecular formula is C12H15NO3S. The van der Waals surface area contributed by atoms with Gasteiger partial charge in [0.15, 0.2) is 0 Å². The van der Waals surface area contributed by atoms with Crippen LogP contribution in [-0.4, -0.2) is 30.8 Å². The molecule has 0 aliphatic heterocycles. The molecular weight excluding hydrogens is 238 g/mol. The summed E-state index contributed by atoms with van der Waals surface area (Å²) in [5.41, 5.74) is 0.818. The van der Waals surface area contributed by atoms with Gasteiger partial charge < -0.3 is 15.2 Å². The molecule has 1 unspecified atom stereocenters. The Balaban J connectivity index is 2.13. The molecule has 0 aromatic carbocycles. The molecule has 0 aliphatic carbocycles. The van der Waals surface area contributed by atoms with E-state index >= 15 is 0 Å². The Morgan fingerprint density at radius 1 is 1.71 bits per heavy atom. The molecule has 1 aromatic heterocycles. The highest BCUT2D eigenvalue weighted by molar-refractivity contribution is 7.07. The summed E-state index contributed by atoms with van der Waals surface area (Å²) in [7, 11) is 0. The summed E-state index contributed by atoms with van der Waals surface area (Å²) >= 11 is 1.51. The molecule has 1 heterocycles. The predicted molar refractivity (Wildman–Crippen MR) is 66.6 cm³/mol. The Hall–Kier alpha value is -1.35. The molecule has 1 rings (SSSR count). The monoisotopic (exact) mass is 253 g/mol. The van der Waals surface area contributed by atoms with Crippen LogP contribution in [0.5, 0.6) is 0 Å². The first-order valence-electron chi connectivity index (χ1n) is 5.22. The number of hydrogen-bond donors (Lipinski definition) is 2. The molecule has 0 spiro atoms. The first-order valence-corrected chi connectivity index (χ1v) is 6.16. The van der Waals surface area contributed by atoms with E-state index in [1.54, 1.807) is 0 Å². The van der Waals surface area contributed by atoms with E-state index in [2.05, 4.69) is 11.2 Å². The van der Waals surface area contributed by atoms with Crippen molar-refractivity contribution in [2.45, 2.75) is 12.5 Å². The number of hydrogen-bond acceptors (Lipinski definition) is 4. The normalized spacial score (nSPS) is 11.8. The smallest absolute Gasteiger partial charge is 0.222 e. The van der Waals surface area contributed by atoms with Crippen LogP contribution >= 0.6 is 11.3 Å². The van der Waals surface area contributed by atoms with Crippen molar-refractivity contribution in [3.05, 3.63) is 22.4 Å². The minimum Gasteiger partial charge on any atom is -0.387 e. The largest absolute Gasteiger partial charge is 0.387 e. The van der Waals surface area contributed by atoms with Crippen molar-refractivity contribution in [3.63, 3.8) is 0 Å². The van der Waals surface area contributed by atoms with Gasteiger partial charge in [-0.25, -0.2) is 0 Å². The fraction of sp³-hybridized carbons (Fsp3) is 0.417. The van der Waals surface area contributed by atoms with Gasteiger partial charge in [0.25, 0.3) is 0 Å². The van der Waals surface area contributed by atoms with E-state index in [4.69, 9.17) is 11.2 Å². The highest BCUT2D eigenvalue weighted by atomic mass is 32.1. The molecule has 0 bridgehead atoms. The third-order valence-electron chi connectivity index (χ3n) is 2.08. The summed E-state index contributed by atoms with van der Waals surface area (Å²) in [6.07, 6.45) is 4.58. The fourth-order valence-electron chi connectivity index (χ4n) is 1.18. The molecule has 5 heteroatoms. The van der Waals surface area contributed by atoms with Gasteiger partial charge >= 0.3 is 0 Å². The summed E-state index contributed by atoms with van der Waals surface area (Å²) < 4.78 is 4.97. The lowest BCUT2D eigenvalue weighted by atomic mass is 10.2. The number of aliphatic hydroxyl groups excluding tert-OH is 1. The van der Waals surface area contributed by atoms with E-state index < -0.39 is 6.10 Å². The second-order valence-corrected chi connectivity index (χ2v) is 4.16. The van der Waals surface area contributed by atoms with E-state index in [1.165, 1.54) is 11.3 Å². The number of nitrogens with one attached hydrogen (secondary N) is 1. The van der Waals surface area contributed by atoms with E-state index in [0.717, 1.165) is 5.56 Å². The van der Waals surface area contributed by atoms with Crippen molar-refractivity contribution < 1.29 is 14.6 Å². The van der Waals surface area contributed by atoms with Crippen LogP contribution in [0, 0.1) is 12.3 Å². The number of terminal acetylenes is 1. The molecule has 1 amide bonds. The van der Waals surface area contributed by atoms with Crippen molar-refractivity contribution in [1.82, 2.24) is 5.32 Å². The summed E-state index contributed by atoms with van der Waals surface area (Å²) in [5.74, 6) is 2.16. The number of thiophene rings is 1. The molecule has 1 atom stereocenters. The maximum atomic E-state index is 11.3. The Bertz CT molecular complexity index is 370. The zero-order valence-electron chi connectivity index (χ0n) is 9.39. The lowest BCUT2D eigenvalue weighted by molar-refractivity contribution is -0.122.